The van der Waals surface area contributed by atoms with Crippen LogP contribution in [0.3, 0.4) is 0 Å². The molecule has 30 heavy (non-hydrogen) atoms. The van der Waals surface area contributed by atoms with Gasteiger partial charge in [0.15, 0.2) is 0 Å². The van der Waals surface area contributed by atoms with E-state index in [0.29, 0.717) is 24.4 Å². The Labute approximate surface area is 174 Å². The van der Waals surface area contributed by atoms with Gasteiger partial charge in [-0.05, 0) is 51.3 Å². The molecule has 0 saturated carbocycles. The monoisotopic (exact) mass is 420 g/mol. The average molecular weight is 420 g/mol. The lowest BCUT2D eigenvalue weighted by Gasteiger charge is -2.23. The molecule has 0 spiro atoms. The number of hydrogen-bond donors (Lipinski definition) is 2. The molecule has 2 N–H and O–H groups in total. The number of halogens is 2. The Hall–Kier alpha value is -3.00. The van der Waals surface area contributed by atoms with Crippen LogP contribution in [0.1, 0.15) is 43.9 Å². The summed E-state index contributed by atoms with van der Waals surface area (Å²) in [5.74, 6) is -1.12. The molecule has 8 heteroatoms. The fourth-order valence-electron chi connectivity index (χ4n) is 3.04. The number of anilines is 1. The topological polar surface area (TPSA) is 80.7 Å². The summed E-state index contributed by atoms with van der Waals surface area (Å²) in [7, 11) is 0. The van der Waals surface area contributed by atoms with Crippen molar-refractivity contribution in [1.29, 1.82) is 0 Å². The van der Waals surface area contributed by atoms with E-state index in [4.69, 9.17) is 0 Å². The SMILES string of the molecule is C=C(/C=C\C)OC(F)(F)OC(C)Nc1ccc(C)c(C2C=C(C(=O)O)C=CCC2)n1. The number of rotatable bonds is 9. The molecule has 1 aromatic rings. The van der Waals surface area contributed by atoms with E-state index in [1.807, 2.05) is 13.0 Å². The fourth-order valence-corrected chi connectivity index (χ4v) is 3.04. The Bertz CT molecular complexity index is 878. The summed E-state index contributed by atoms with van der Waals surface area (Å²) >= 11 is 0. The van der Waals surface area contributed by atoms with Gasteiger partial charge in [0, 0.05) is 5.92 Å². The number of nitrogens with zero attached hydrogens (tertiary/aromatic N) is 1. The summed E-state index contributed by atoms with van der Waals surface area (Å²) in [6.45, 7) is 8.28. The lowest BCUT2D eigenvalue weighted by atomic mass is 9.95. The van der Waals surface area contributed by atoms with Crippen molar-refractivity contribution in [3.05, 3.63) is 71.7 Å². The van der Waals surface area contributed by atoms with Crippen LogP contribution in [-0.2, 0) is 14.3 Å². The molecular weight excluding hydrogens is 394 g/mol. The number of aliphatic carboxylic acids is 1. The molecular formula is C22H26F2N2O4. The normalized spacial score (nSPS) is 17.9. The Morgan fingerprint density at radius 3 is 2.87 bits per heavy atom. The van der Waals surface area contributed by atoms with Gasteiger partial charge in [-0.25, -0.2) is 9.78 Å². The van der Waals surface area contributed by atoms with Gasteiger partial charge in [0.2, 0.25) is 0 Å². The van der Waals surface area contributed by atoms with Crippen LogP contribution in [0.15, 0.2) is 60.4 Å². The quantitative estimate of drug-likeness (QED) is 0.322. The van der Waals surface area contributed by atoms with E-state index in [2.05, 4.69) is 26.4 Å². The second-order valence-corrected chi connectivity index (χ2v) is 6.85. The third-order valence-corrected chi connectivity index (χ3v) is 4.32. The third kappa shape index (κ3) is 6.81. The number of allylic oxidation sites excluding steroid dienone is 4. The Balaban J connectivity index is 2.14. The van der Waals surface area contributed by atoms with E-state index in [0.717, 1.165) is 5.56 Å². The zero-order chi connectivity index (χ0) is 22.3. The highest BCUT2D eigenvalue weighted by Gasteiger charge is 2.36. The molecule has 1 aromatic heterocycles. The molecule has 0 aromatic carbocycles. The molecule has 0 radical (unpaired) electrons. The number of pyridine rings is 1. The summed E-state index contributed by atoms with van der Waals surface area (Å²) in [6.07, 6.45) is 4.28. The summed E-state index contributed by atoms with van der Waals surface area (Å²) in [6, 6.07) is 3.44. The molecule has 0 amide bonds. The largest absolute Gasteiger partial charge is 0.537 e. The third-order valence-electron chi connectivity index (χ3n) is 4.32. The minimum atomic E-state index is -3.87. The van der Waals surface area contributed by atoms with Crippen LogP contribution in [0.5, 0.6) is 0 Å². The molecule has 6 nitrogen and oxygen atoms in total. The lowest BCUT2D eigenvalue weighted by molar-refractivity contribution is -0.386. The smallest absolute Gasteiger partial charge is 0.478 e. The molecule has 0 fully saturated rings. The molecule has 162 valence electrons. The van der Waals surface area contributed by atoms with Crippen LogP contribution in [0.25, 0.3) is 0 Å². The Kier molecular flexibility index (Phi) is 7.88. The van der Waals surface area contributed by atoms with Gasteiger partial charge in [-0.1, -0.05) is 36.9 Å². The van der Waals surface area contributed by atoms with E-state index in [9.17, 15) is 18.7 Å². The summed E-state index contributed by atoms with van der Waals surface area (Å²) < 4.78 is 36.8. The Morgan fingerprint density at radius 1 is 1.47 bits per heavy atom. The molecule has 1 aliphatic rings. The summed E-state index contributed by atoms with van der Waals surface area (Å²) in [5.41, 5.74) is 1.75. The predicted octanol–water partition coefficient (Wildman–Crippen LogP) is 5.27. The number of ether oxygens (including phenoxy) is 2. The van der Waals surface area contributed by atoms with Gasteiger partial charge in [0.05, 0.1) is 11.3 Å². The Morgan fingerprint density at radius 2 is 2.20 bits per heavy atom. The number of carboxylic acid groups (broad SMARTS) is 1. The number of carbonyl (C=O) groups is 1. The van der Waals surface area contributed by atoms with Crippen molar-refractivity contribution in [3.8, 4) is 0 Å². The van der Waals surface area contributed by atoms with Crippen LogP contribution >= 0.6 is 0 Å². The molecule has 1 heterocycles. The zero-order valence-corrected chi connectivity index (χ0v) is 17.2. The second kappa shape index (κ2) is 10.2. The average Bonchev–Trinajstić information content (AvgIpc) is 2.88. The number of alkyl halides is 2. The zero-order valence-electron chi connectivity index (χ0n) is 17.2. The standard InChI is InChI=1S/C22H26F2N2O4/c1-5-8-15(3)29-22(23,24)30-16(4)25-19-12-11-14(2)20(26-19)17-9-6-7-10-18(13-17)21(27)28/h5,7-8,10-13,16-17H,3,6,9H2,1-2,4H3,(H,25,26)(H,27,28)/b8-5-. The van der Waals surface area contributed by atoms with Crippen molar-refractivity contribution in [2.24, 2.45) is 0 Å². The van der Waals surface area contributed by atoms with E-state index in [1.165, 1.54) is 19.1 Å². The van der Waals surface area contributed by atoms with Gasteiger partial charge in [-0.2, -0.15) is 0 Å². The first kappa shape index (κ1) is 23.3. The highest BCUT2D eigenvalue weighted by atomic mass is 19.3. The van der Waals surface area contributed by atoms with Crippen LogP contribution in [0.2, 0.25) is 0 Å². The van der Waals surface area contributed by atoms with Crippen molar-refractivity contribution < 1.29 is 28.2 Å². The van der Waals surface area contributed by atoms with Crippen LogP contribution in [0.4, 0.5) is 14.6 Å². The first-order valence-electron chi connectivity index (χ1n) is 9.53. The van der Waals surface area contributed by atoms with Crippen LogP contribution in [-0.4, -0.2) is 28.6 Å². The van der Waals surface area contributed by atoms with Crippen molar-refractivity contribution in [1.82, 2.24) is 4.98 Å². The van der Waals surface area contributed by atoms with Crippen molar-refractivity contribution in [3.63, 3.8) is 0 Å². The van der Waals surface area contributed by atoms with Gasteiger partial charge in [-0.15, -0.1) is 8.78 Å². The molecule has 1 aliphatic carbocycles. The van der Waals surface area contributed by atoms with Gasteiger partial charge in [-0.3, -0.25) is 4.74 Å². The molecule has 2 unspecified atom stereocenters. The fraction of sp³-hybridized carbons (Fsp3) is 0.364. The van der Waals surface area contributed by atoms with Gasteiger partial charge >= 0.3 is 12.3 Å². The summed E-state index contributed by atoms with van der Waals surface area (Å²) in [5, 5.41) is 12.1. The van der Waals surface area contributed by atoms with Gasteiger partial charge in [0.25, 0.3) is 0 Å². The number of nitrogens with one attached hydrogen (secondary N) is 1. The van der Waals surface area contributed by atoms with Crippen LogP contribution < -0.4 is 5.32 Å². The molecule has 0 saturated heterocycles. The minimum absolute atomic E-state index is 0.201. The number of aryl methyl sites for hydroxylation is 1. The molecule has 2 rings (SSSR count). The van der Waals surface area contributed by atoms with E-state index in [1.54, 1.807) is 31.2 Å². The highest BCUT2D eigenvalue weighted by Crippen LogP contribution is 2.30. The minimum Gasteiger partial charge on any atom is -0.478 e. The molecule has 0 aliphatic heterocycles. The van der Waals surface area contributed by atoms with Crippen LogP contribution in [0, 0.1) is 6.92 Å². The maximum absolute atomic E-state index is 13.9. The van der Waals surface area contributed by atoms with Crippen molar-refractivity contribution >= 4 is 11.8 Å². The van der Waals surface area contributed by atoms with Crippen molar-refractivity contribution in [2.45, 2.75) is 52.1 Å². The van der Waals surface area contributed by atoms with Gasteiger partial charge < -0.3 is 15.2 Å². The van der Waals surface area contributed by atoms with E-state index in [-0.39, 0.29) is 17.3 Å². The first-order valence-corrected chi connectivity index (χ1v) is 9.53. The van der Waals surface area contributed by atoms with E-state index >= 15 is 0 Å². The maximum Gasteiger partial charge on any atom is 0.537 e. The number of hydrogen-bond acceptors (Lipinski definition) is 5. The molecule has 2 atom stereocenters. The van der Waals surface area contributed by atoms with Crippen molar-refractivity contribution in [2.75, 3.05) is 5.32 Å². The van der Waals surface area contributed by atoms with E-state index < -0.39 is 18.5 Å². The van der Waals surface area contributed by atoms with Gasteiger partial charge in [0.1, 0.15) is 17.8 Å². The highest BCUT2D eigenvalue weighted by molar-refractivity contribution is 5.90. The number of aromatic nitrogens is 1. The maximum atomic E-state index is 13.9. The first-order chi connectivity index (χ1) is 14.1. The number of carboxylic acids is 1. The molecule has 0 bridgehead atoms. The second-order valence-electron chi connectivity index (χ2n) is 6.85. The summed E-state index contributed by atoms with van der Waals surface area (Å²) in [4.78, 5) is 15.9. The lowest BCUT2D eigenvalue weighted by Crippen LogP contribution is -2.33. The predicted molar refractivity (Wildman–Crippen MR) is 110 cm³/mol.